The number of likely N-dealkylation sites (N-methyl/N-ethyl adjacent to an activating group) is 1. The molecule has 2 rings (SSSR count). The number of hydrogen-bond acceptors (Lipinski definition) is 5. The normalized spacial score (nSPS) is 10.7. The molecule has 0 radical (unpaired) electrons. The first kappa shape index (κ1) is 15.0. The largest absolute Gasteiger partial charge is 0.497 e. The van der Waals surface area contributed by atoms with Crippen molar-refractivity contribution in [2.45, 2.75) is 13.5 Å². The van der Waals surface area contributed by atoms with Crippen LogP contribution in [0.1, 0.15) is 11.6 Å². The number of amides is 1. The van der Waals surface area contributed by atoms with Gasteiger partial charge in [-0.25, -0.2) is 4.98 Å². The maximum absolute atomic E-state index is 11.9. The number of H-pyrrole nitrogens is 1. The molecule has 0 atom stereocenters. The average molecular weight is 289 g/mol. The van der Waals surface area contributed by atoms with Crippen molar-refractivity contribution in [3.8, 4) is 5.75 Å². The number of anilines is 1. The monoisotopic (exact) mass is 289 g/mol. The van der Waals surface area contributed by atoms with Gasteiger partial charge in [-0.3, -0.25) is 14.8 Å². The first-order valence-corrected chi connectivity index (χ1v) is 6.57. The molecule has 0 bridgehead atoms. The number of carbonyl (C=O) groups excluding carboxylic acids is 1. The summed E-state index contributed by atoms with van der Waals surface area (Å²) in [4.78, 5) is 18.0. The molecule has 1 heterocycles. The number of methoxy groups -OCH3 is 1. The van der Waals surface area contributed by atoms with E-state index in [9.17, 15) is 4.79 Å². The zero-order chi connectivity index (χ0) is 15.2. The molecule has 7 nitrogen and oxygen atoms in total. The van der Waals surface area contributed by atoms with E-state index in [1.165, 1.54) is 0 Å². The summed E-state index contributed by atoms with van der Waals surface area (Å²) < 4.78 is 5.07. The summed E-state index contributed by atoms with van der Waals surface area (Å²) in [6.07, 6.45) is 0. The van der Waals surface area contributed by atoms with Gasteiger partial charge in [-0.05, 0) is 38.2 Å². The van der Waals surface area contributed by atoms with Crippen LogP contribution in [0.25, 0.3) is 0 Å². The van der Waals surface area contributed by atoms with Gasteiger partial charge < -0.3 is 10.1 Å². The summed E-state index contributed by atoms with van der Waals surface area (Å²) in [5.41, 5.74) is 0.739. The number of hydrogen-bond donors (Lipinski definition) is 2. The molecule has 0 unspecified atom stereocenters. The van der Waals surface area contributed by atoms with Crippen molar-refractivity contribution in [3.05, 3.63) is 35.9 Å². The van der Waals surface area contributed by atoms with Gasteiger partial charge in [0.25, 0.3) is 0 Å². The second-order valence-electron chi connectivity index (χ2n) is 4.79. The second-order valence-corrected chi connectivity index (χ2v) is 4.79. The minimum atomic E-state index is -0.0880. The maximum Gasteiger partial charge on any atom is 0.238 e. The molecule has 1 aromatic carbocycles. The summed E-state index contributed by atoms with van der Waals surface area (Å²) in [6.45, 7) is 2.62. The van der Waals surface area contributed by atoms with E-state index in [1.807, 2.05) is 18.9 Å². The number of carbonyl (C=O) groups is 1. The molecule has 1 amide bonds. The predicted molar refractivity (Wildman–Crippen MR) is 79.1 cm³/mol. The number of nitrogens with zero attached hydrogens (tertiary/aromatic N) is 3. The van der Waals surface area contributed by atoms with E-state index in [0.717, 1.165) is 17.3 Å². The number of rotatable bonds is 6. The summed E-state index contributed by atoms with van der Waals surface area (Å²) in [5.74, 6) is 2.10. The number of aryl methyl sites for hydroxylation is 1. The number of benzene rings is 1. The standard InChI is InChI=1S/C14H19N5O2/c1-10-15-13(18-17-10)8-19(2)9-14(20)16-11-4-6-12(21-3)7-5-11/h4-7H,8-9H2,1-3H3,(H,16,20)(H,15,17,18). The van der Waals surface area contributed by atoms with E-state index in [4.69, 9.17) is 4.74 Å². The molecule has 0 aliphatic rings. The van der Waals surface area contributed by atoms with E-state index in [-0.39, 0.29) is 12.5 Å². The second kappa shape index (κ2) is 6.85. The Balaban J connectivity index is 1.82. The van der Waals surface area contributed by atoms with Crippen LogP contribution in [0.2, 0.25) is 0 Å². The number of aromatic amines is 1. The zero-order valence-electron chi connectivity index (χ0n) is 12.4. The SMILES string of the molecule is COc1ccc(NC(=O)CN(C)Cc2n[nH]c(C)n2)cc1. The van der Waals surface area contributed by atoms with Crippen LogP contribution in [0.5, 0.6) is 5.75 Å². The van der Waals surface area contributed by atoms with Gasteiger partial charge in [-0.15, -0.1) is 0 Å². The van der Waals surface area contributed by atoms with Crippen LogP contribution in [0.3, 0.4) is 0 Å². The van der Waals surface area contributed by atoms with Crippen molar-refractivity contribution in [3.63, 3.8) is 0 Å². The lowest BCUT2D eigenvalue weighted by atomic mass is 10.3. The van der Waals surface area contributed by atoms with Crippen molar-refractivity contribution >= 4 is 11.6 Å². The topological polar surface area (TPSA) is 83.1 Å². The smallest absolute Gasteiger partial charge is 0.238 e. The minimum absolute atomic E-state index is 0.0880. The van der Waals surface area contributed by atoms with Gasteiger partial charge in [0.05, 0.1) is 20.2 Å². The van der Waals surface area contributed by atoms with Crippen LogP contribution in [-0.2, 0) is 11.3 Å². The molecule has 2 N–H and O–H groups in total. The van der Waals surface area contributed by atoms with Crippen molar-refractivity contribution in [2.75, 3.05) is 26.0 Å². The Morgan fingerprint density at radius 3 is 2.67 bits per heavy atom. The molecule has 2 aromatic rings. The lowest BCUT2D eigenvalue weighted by Crippen LogP contribution is -2.30. The van der Waals surface area contributed by atoms with Crippen LogP contribution in [0.15, 0.2) is 24.3 Å². The predicted octanol–water partition coefficient (Wildman–Crippen LogP) is 1.19. The van der Waals surface area contributed by atoms with Crippen LogP contribution in [-0.4, -0.2) is 46.7 Å². The van der Waals surface area contributed by atoms with Crippen LogP contribution < -0.4 is 10.1 Å². The van der Waals surface area contributed by atoms with Gasteiger partial charge in [-0.1, -0.05) is 0 Å². The molecule has 112 valence electrons. The van der Waals surface area contributed by atoms with Gasteiger partial charge in [0.1, 0.15) is 11.6 Å². The van der Waals surface area contributed by atoms with Crippen LogP contribution in [0.4, 0.5) is 5.69 Å². The molecule has 1 aromatic heterocycles. The highest BCUT2D eigenvalue weighted by Crippen LogP contribution is 2.14. The minimum Gasteiger partial charge on any atom is -0.497 e. The molecular formula is C14H19N5O2. The molecule has 0 fully saturated rings. The Bertz CT molecular complexity index is 594. The van der Waals surface area contributed by atoms with E-state index < -0.39 is 0 Å². The fourth-order valence-corrected chi connectivity index (χ4v) is 1.88. The van der Waals surface area contributed by atoms with Crippen LogP contribution >= 0.6 is 0 Å². The van der Waals surface area contributed by atoms with Gasteiger partial charge in [0, 0.05) is 5.69 Å². The fraction of sp³-hybridized carbons (Fsp3) is 0.357. The molecule has 0 saturated carbocycles. The summed E-state index contributed by atoms with van der Waals surface area (Å²) >= 11 is 0. The van der Waals surface area contributed by atoms with Crippen molar-refractivity contribution in [1.82, 2.24) is 20.1 Å². The summed E-state index contributed by atoms with van der Waals surface area (Å²) in [6, 6.07) is 7.20. The lowest BCUT2D eigenvalue weighted by molar-refractivity contribution is -0.117. The average Bonchev–Trinajstić information content (AvgIpc) is 2.84. The van der Waals surface area contributed by atoms with E-state index in [2.05, 4.69) is 20.5 Å². The van der Waals surface area contributed by atoms with Crippen LogP contribution in [0, 0.1) is 6.92 Å². The summed E-state index contributed by atoms with van der Waals surface area (Å²) in [7, 11) is 3.45. The highest BCUT2D eigenvalue weighted by Gasteiger charge is 2.10. The Hall–Kier alpha value is -2.41. The highest BCUT2D eigenvalue weighted by atomic mass is 16.5. The molecule has 0 aliphatic heterocycles. The zero-order valence-corrected chi connectivity index (χ0v) is 12.4. The van der Waals surface area contributed by atoms with Gasteiger partial charge >= 0.3 is 0 Å². The van der Waals surface area contributed by atoms with Gasteiger partial charge in [0.2, 0.25) is 5.91 Å². The molecule has 0 aliphatic carbocycles. The number of aromatic nitrogens is 3. The lowest BCUT2D eigenvalue weighted by Gasteiger charge is -2.14. The quantitative estimate of drug-likeness (QED) is 0.834. The molecule has 0 spiro atoms. The molecule has 7 heteroatoms. The fourth-order valence-electron chi connectivity index (χ4n) is 1.88. The van der Waals surface area contributed by atoms with Crippen molar-refractivity contribution in [2.24, 2.45) is 0 Å². The Kier molecular flexibility index (Phi) is 4.89. The number of nitrogens with one attached hydrogen (secondary N) is 2. The first-order valence-electron chi connectivity index (χ1n) is 6.57. The third-order valence-corrected chi connectivity index (χ3v) is 2.84. The highest BCUT2D eigenvalue weighted by molar-refractivity contribution is 5.92. The third kappa shape index (κ3) is 4.57. The van der Waals surface area contributed by atoms with E-state index >= 15 is 0 Å². The van der Waals surface area contributed by atoms with Crippen molar-refractivity contribution < 1.29 is 9.53 Å². The van der Waals surface area contributed by atoms with E-state index in [1.54, 1.807) is 31.4 Å². The molecular weight excluding hydrogens is 270 g/mol. The Morgan fingerprint density at radius 2 is 2.10 bits per heavy atom. The Morgan fingerprint density at radius 1 is 1.38 bits per heavy atom. The van der Waals surface area contributed by atoms with Crippen molar-refractivity contribution in [1.29, 1.82) is 0 Å². The first-order chi connectivity index (χ1) is 10.1. The third-order valence-electron chi connectivity index (χ3n) is 2.84. The van der Waals surface area contributed by atoms with Gasteiger partial charge in [-0.2, -0.15) is 5.10 Å². The Labute approximate surface area is 123 Å². The maximum atomic E-state index is 11.9. The molecule has 21 heavy (non-hydrogen) atoms. The summed E-state index contributed by atoms with van der Waals surface area (Å²) in [5, 5.41) is 9.65. The van der Waals surface area contributed by atoms with Gasteiger partial charge in [0.15, 0.2) is 5.82 Å². The number of ether oxygens (including phenoxy) is 1. The van der Waals surface area contributed by atoms with E-state index in [0.29, 0.717) is 12.4 Å². The molecule has 0 saturated heterocycles.